The Morgan fingerprint density at radius 1 is 1.28 bits per heavy atom. The lowest BCUT2D eigenvalue weighted by Crippen LogP contribution is -2.52. The van der Waals surface area contributed by atoms with Crippen molar-refractivity contribution in [3.63, 3.8) is 0 Å². The highest BCUT2D eigenvalue weighted by molar-refractivity contribution is 5.94. The number of nitrogens with two attached hydrogens (primary N) is 1. The SMILES string of the molecule is NCC1CN(C(=O)c2ccc(C(F)(F)F)cc2)C1. The highest BCUT2D eigenvalue weighted by Crippen LogP contribution is 2.29. The summed E-state index contributed by atoms with van der Waals surface area (Å²) in [6, 6.07) is 4.27. The lowest BCUT2D eigenvalue weighted by atomic mass is 9.99. The number of alkyl halides is 3. The van der Waals surface area contributed by atoms with E-state index in [-0.39, 0.29) is 11.5 Å². The third-order valence-corrected chi connectivity index (χ3v) is 3.04. The summed E-state index contributed by atoms with van der Waals surface area (Å²) in [6.07, 6.45) is -4.37. The van der Waals surface area contributed by atoms with Gasteiger partial charge in [0.1, 0.15) is 0 Å². The number of likely N-dealkylation sites (tertiary alicyclic amines) is 1. The van der Waals surface area contributed by atoms with Gasteiger partial charge in [-0.1, -0.05) is 0 Å². The molecule has 1 fully saturated rings. The minimum absolute atomic E-state index is 0.242. The van der Waals surface area contributed by atoms with Crippen LogP contribution in [-0.4, -0.2) is 30.4 Å². The van der Waals surface area contributed by atoms with Gasteiger partial charge in [-0.05, 0) is 30.8 Å². The van der Waals surface area contributed by atoms with Gasteiger partial charge >= 0.3 is 6.18 Å². The topological polar surface area (TPSA) is 46.3 Å². The zero-order chi connectivity index (χ0) is 13.3. The second kappa shape index (κ2) is 4.61. The molecule has 0 aromatic heterocycles. The van der Waals surface area contributed by atoms with Crippen LogP contribution in [-0.2, 0) is 6.18 Å². The van der Waals surface area contributed by atoms with Crippen molar-refractivity contribution in [2.45, 2.75) is 6.18 Å². The fourth-order valence-electron chi connectivity index (χ4n) is 1.87. The molecule has 1 aromatic carbocycles. The van der Waals surface area contributed by atoms with Crippen LogP contribution in [0.3, 0.4) is 0 Å². The van der Waals surface area contributed by atoms with Crippen LogP contribution < -0.4 is 5.73 Å². The molecule has 18 heavy (non-hydrogen) atoms. The summed E-state index contributed by atoms with van der Waals surface area (Å²) in [5, 5.41) is 0. The first-order valence-electron chi connectivity index (χ1n) is 5.58. The number of amides is 1. The minimum atomic E-state index is -4.37. The van der Waals surface area contributed by atoms with E-state index in [1.165, 1.54) is 12.1 Å². The van der Waals surface area contributed by atoms with Crippen molar-refractivity contribution in [3.05, 3.63) is 35.4 Å². The highest BCUT2D eigenvalue weighted by Gasteiger charge is 2.32. The molecule has 0 atom stereocenters. The first kappa shape index (κ1) is 12.9. The monoisotopic (exact) mass is 258 g/mol. The van der Waals surface area contributed by atoms with Crippen molar-refractivity contribution < 1.29 is 18.0 Å². The molecule has 2 N–H and O–H groups in total. The number of carbonyl (C=O) groups is 1. The third kappa shape index (κ3) is 2.48. The van der Waals surface area contributed by atoms with E-state index < -0.39 is 11.7 Å². The smallest absolute Gasteiger partial charge is 0.338 e. The minimum Gasteiger partial charge on any atom is -0.338 e. The summed E-state index contributed by atoms with van der Waals surface area (Å²) in [7, 11) is 0. The van der Waals surface area contributed by atoms with Crippen LogP contribution in [0.15, 0.2) is 24.3 Å². The molecular formula is C12H13F3N2O. The van der Waals surface area contributed by atoms with Crippen LogP contribution in [0, 0.1) is 5.92 Å². The molecule has 1 aromatic rings. The average Bonchev–Trinajstić information content (AvgIpc) is 2.26. The van der Waals surface area contributed by atoms with Crippen LogP contribution in [0.25, 0.3) is 0 Å². The van der Waals surface area contributed by atoms with Crippen molar-refractivity contribution in [1.82, 2.24) is 4.90 Å². The Kier molecular flexibility index (Phi) is 3.30. The van der Waals surface area contributed by atoms with Crippen molar-refractivity contribution >= 4 is 5.91 Å². The first-order chi connectivity index (χ1) is 8.41. The molecule has 1 saturated heterocycles. The summed E-state index contributed by atoms with van der Waals surface area (Å²) in [6.45, 7) is 1.68. The van der Waals surface area contributed by atoms with E-state index in [2.05, 4.69) is 0 Å². The Hall–Kier alpha value is -1.56. The summed E-state index contributed by atoms with van der Waals surface area (Å²) >= 11 is 0. The Morgan fingerprint density at radius 3 is 2.28 bits per heavy atom. The largest absolute Gasteiger partial charge is 0.416 e. The van der Waals surface area contributed by atoms with Gasteiger partial charge in [-0.2, -0.15) is 13.2 Å². The lowest BCUT2D eigenvalue weighted by Gasteiger charge is -2.38. The summed E-state index contributed by atoms with van der Waals surface area (Å²) in [5.41, 5.74) is 4.97. The third-order valence-electron chi connectivity index (χ3n) is 3.04. The molecule has 1 aliphatic rings. The molecule has 0 bridgehead atoms. The van der Waals surface area contributed by atoms with Crippen LogP contribution in [0.1, 0.15) is 15.9 Å². The number of hydrogen-bond acceptors (Lipinski definition) is 2. The van der Waals surface area contributed by atoms with Gasteiger partial charge < -0.3 is 10.6 Å². The fraction of sp³-hybridized carbons (Fsp3) is 0.417. The molecule has 6 heteroatoms. The molecule has 0 saturated carbocycles. The van der Waals surface area contributed by atoms with E-state index >= 15 is 0 Å². The van der Waals surface area contributed by atoms with Gasteiger partial charge in [-0.25, -0.2) is 0 Å². The molecule has 1 aliphatic heterocycles. The predicted molar refractivity (Wildman–Crippen MR) is 59.9 cm³/mol. The first-order valence-corrected chi connectivity index (χ1v) is 5.58. The molecule has 3 nitrogen and oxygen atoms in total. The van der Waals surface area contributed by atoms with Gasteiger partial charge in [0.25, 0.3) is 5.91 Å². The quantitative estimate of drug-likeness (QED) is 0.878. The summed E-state index contributed by atoms with van der Waals surface area (Å²) in [5.74, 6) is 0.0665. The number of hydrogen-bond donors (Lipinski definition) is 1. The normalized spacial score (nSPS) is 16.6. The van der Waals surface area contributed by atoms with E-state index in [9.17, 15) is 18.0 Å². The van der Waals surface area contributed by atoms with Gasteiger partial charge in [0.15, 0.2) is 0 Å². The second-order valence-electron chi connectivity index (χ2n) is 4.39. The lowest BCUT2D eigenvalue weighted by molar-refractivity contribution is -0.137. The molecule has 1 heterocycles. The van der Waals surface area contributed by atoms with Crippen LogP contribution >= 0.6 is 0 Å². The van der Waals surface area contributed by atoms with Gasteiger partial charge in [0, 0.05) is 24.6 Å². The van der Waals surface area contributed by atoms with Crippen molar-refractivity contribution in [2.75, 3.05) is 19.6 Å². The molecule has 2 rings (SSSR count). The number of rotatable bonds is 2. The molecule has 0 unspecified atom stereocenters. The number of benzene rings is 1. The van der Waals surface area contributed by atoms with Crippen LogP contribution in [0.4, 0.5) is 13.2 Å². The van der Waals surface area contributed by atoms with E-state index in [0.29, 0.717) is 25.6 Å². The zero-order valence-electron chi connectivity index (χ0n) is 9.57. The number of nitrogens with zero attached hydrogens (tertiary/aromatic N) is 1. The van der Waals surface area contributed by atoms with Crippen LogP contribution in [0.5, 0.6) is 0 Å². The maximum absolute atomic E-state index is 12.3. The molecular weight excluding hydrogens is 245 g/mol. The zero-order valence-corrected chi connectivity index (χ0v) is 9.57. The Labute approximate surface area is 102 Å². The maximum Gasteiger partial charge on any atom is 0.416 e. The Morgan fingerprint density at radius 2 is 1.83 bits per heavy atom. The number of carbonyl (C=O) groups excluding carboxylic acids is 1. The summed E-state index contributed by atoms with van der Waals surface area (Å²) in [4.78, 5) is 13.4. The molecule has 0 radical (unpaired) electrons. The van der Waals surface area contributed by atoms with E-state index in [1.807, 2.05) is 0 Å². The highest BCUT2D eigenvalue weighted by atomic mass is 19.4. The van der Waals surface area contributed by atoms with Crippen molar-refractivity contribution in [1.29, 1.82) is 0 Å². The van der Waals surface area contributed by atoms with E-state index in [0.717, 1.165) is 12.1 Å². The molecule has 0 aliphatic carbocycles. The summed E-state index contributed by atoms with van der Waals surface area (Å²) < 4.78 is 37.0. The second-order valence-corrected chi connectivity index (χ2v) is 4.39. The maximum atomic E-state index is 12.3. The van der Waals surface area contributed by atoms with Gasteiger partial charge in [0.2, 0.25) is 0 Å². The van der Waals surface area contributed by atoms with Gasteiger partial charge in [0.05, 0.1) is 5.56 Å². The van der Waals surface area contributed by atoms with Crippen molar-refractivity contribution in [2.24, 2.45) is 11.7 Å². The fourth-order valence-corrected chi connectivity index (χ4v) is 1.87. The van der Waals surface area contributed by atoms with Crippen molar-refractivity contribution in [3.8, 4) is 0 Å². The van der Waals surface area contributed by atoms with Crippen LogP contribution in [0.2, 0.25) is 0 Å². The van der Waals surface area contributed by atoms with Gasteiger partial charge in [-0.15, -0.1) is 0 Å². The standard InChI is InChI=1S/C12H13F3N2O/c13-12(14,15)10-3-1-9(2-4-10)11(18)17-6-8(5-16)7-17/h1-4,8H,5-7,16H2. The Balaban J connectivity index is 2.04. The average molecular weight is 258 g/mol. The van der Waals surface area contributed by atoms with E-state index in [1.54, 1.807) is 4.90 Å². The van der Waals surface area contributed by atoms with Gasteiger partial charge in [-0.3, -0.25) is 4.79 Å². The molecule has 0 spiro atoms. The molecule has 98 valence electrons. The predicted octanol–water partition coefficient (Wildman–Crippen LogP) is 1.74. The Bertz CT molecular complexity index is 436. The van der Waals surface area contributed by atoms with E-state index in [4.69, 9.17) is 5.73 Å². The molecule has 1 amide bonds. The number of halogens is 3.